The zero-order valence-corrected chi connectivity index (χ0v) is 14.8. The highest BCUT2D eigenvalue weighted by molar-refractivity contribution is 7.80. The summed E-state index contributed by atoms with van der Waals surface area (Å²) < 4.78 is 34.3. The first kappa shape index (κ1) is 20.0. The Balaban J connectivity index is 0.000000342. The van der Waals surface area contributed by atoms with Gasteiger partial charge in [-0.05, 0) is 31.9 Å². The van der Waals surface area contributed by atoms with Crippen molar-refractivity contribution in [2.24, 2.45) is 0 Å². The van der Waals surface area contributed by atoms with Crippen LogP contribution in [-0.4, -0.2) is 65.1 Å². The zero-order valence-electron chi connectivity index (χ0n) is 14.0. The Morgan fingerprint density at radius 3 is 2.54 bits per heavy atom. The second-order valence-corrected chi connectivity index (χ2v) is 6.44. The summed E-state index contributed by atoms with van der Waals surface area (Å²) >= 11 is 0. The van der Waals surface area contributed by atoms with Gasteiger partial charge < -0.3 is 4.90 Å². The Kier molecular flexibility index (Phi) is 6.85. The monoisotopic (exact) mass is 388 g/mol. The van der Waals surface area contributed by atoms with Crippen molar-refractivity contribution in [1.82, 2.24) is 20.4 Å². The number of aromatic nitrogens is 1. The molecular formula is C14H20N4O7S. The van der Waals surface area contributed by atoms with E-state index in [1.54, 1.807) is 19.3 Å². The Bertz CT molecular complexity index is 689. The van der Waals surface area contributed by atoms with E-state index >= 15 is 0 Å². The van der Waals surface area contributed by atoms with Gasteiger partial charge in [0.1, 0.15) is 6.04 Å². The maximum absolute atomic E-state index is 12.0. The smallest absolute Gasteiger partial charge is 0.309 e. The molecule has 3 amide bonds. The molecule has 0 saturated carbocycles. The lowest BCUT2D eigenvalue weighted by Crippen LogP contribution is -2.49. The first-order chi connectivity index (χ1) is 12.3. The molecule has 144 valence electrons. The molecule has 2 aliphatic rings. The first-order valence-electron chi connectivity index (χ1n) is 7.87. The Morgan fingerprint density at radius 1 is 1.35 bits per heavy atom. The third-order valence-electron chi connectivity index (χ3n) is 3.68. The number of piperidine rings is 1. The Hall–Kier alpha value is -2.28. The largest absolute Gasteiger partial charge is 0.418 e. The molecule has 2 aliphatic heterocycles. The van der Waals surface area contributed by atoms with Crippen LogP contribution in [0.5, 0.6) is 0 Å². The lowest BCUT2D eigenvalue weighted by Gasteiger charge is -2.28. The predicted molar refractivity (Wildman–Crippen MR) is 87.4 cm³/mol. The molecule has 0 spiro atoms. The molecule has 1 aromatic heterocycles. The number of amides is 3. The van der Waals surface area contributed by atoms with Crippen LogP contribution in [0.15, 0.2) is 30.6 Å². The van der Waals surface area contributed by atoms with Gasteiger partial charge in [0.25, 0.3) is 5.91 Å². The van der Waals surface area contributed by atoms with Crippen molar-refractivity contribution >= 4 is 22.3 Å². The van der Waals surface area contributed by atoms with Gasteiger partial charge in [0.2, 0.25) is 0 Å². The van der Waals surface area contributed by atoms with Crippen LogP contribution in [0.4, 0.5) is 4.79 Å². The quantitative estimate of drug-likeness (QED) is 0.536. The molecular weight excluding hydrogens is 368 g/mol. The summed E-state index contributed by atoms with van der Waals surface area (Å²) in [5.74, 6) is -0.479. The van der Waals surface area contributed by atoms with Crippen molar-refractivity contribution in [2.45, 2.75) is 31.8 Å². The van der Waals surface area contributed by atoms with E-state index in [1.807, 2.05) is 18.2 Å². The highest BCUT2D eigenvalue weighted by Crippen LogP contribution is 2.30. The lowest BCUT2D eigenvalue weighted by molar-refractivity contribution is -0.138. The Morgan fingerprint density at radius 2 is 2.04 bits per heavy atom. The number of nitrogens with one attached hydrogen (secondary N) is 1. The summed E-state index contributed by atoms with van der Waals surface area (Å²) in [7, 11) is -4.78. The SMILES string of the molecule is CCONC(=O)[C@@H]1CC[C@@H]2CN1C(=O)N2OS(=O)(=O)O.c1ccncc1. The molecule has 12 heteroatoms. The molecule has 0 aliphatic carbocycles. The first-order valence-corrected chi connectivity index (χ1v) is 9.23. The van der Waals surface area contributed by atoms with Crippen LogP contribution in [0.2, 0.25) is 0 Å². The minimum Gasteiger partial charge on any atom is -0.309 e. The average Bonchev–Trinajstić information content (AvgIpc) is 2.85. The molecule has 11 nitrogen and oxygen atoms in total. The van der Waals surface area contributed by atoms with Crippen LogP contribution < -0.4 is 5.48 Å². The second kappa shape index (κ2) is 8.89. The summed E-state index contributed by atoms with van der Waals surface area (Å²) in [5.41, 5.74) is 2.21. The molecule has 3 rings (SSSR count). The predicted octanol–water partition coefficient (Wildman–Crippen LogP) is 0.139. The topological polar surface area (TPSA) is 138 Å². The van der Waals surface area contributed by atoms with E-state index in [9.17, 15) is 18.0 Å². The van der Waals surface area contributed by atoms with Crippen LogP contribution in [0.3, 0.4) is 0 Å². The number of rotatable bonds is 5. The summed E-state index contributed by atoms with van der Waals surface area (Å²) in [6.45, 7) is 2.13. The fraction of sp³-hybridized carbons (Fsp3) is 0.500. The number of hydroxylamine groups is 3. The van der Waals surface area contributed by atoms with E-state index in [0.717, 1.165) is 0 Å². The molecule has 2 atom stereocenters. The molecule has 1 aromatic rings. The zero-order chi connectivity index (χ0) is 19.2. The fourth-order valence-corrected chi connectivity index (χ4v) is 3.02. The van der Waals surface area contributed by atoms with Gasteiger partial charge in [0, 0.05) is 18.9 Å². The van der Waals surface area contributed by atoms with Gasteiger partial charge in [-0.2, -0.15) is 13.5 Å². The minimum atomic E-state index is -4.78. The molecule has 2 saturated heterocycles. The summed E-state index contributed by atoms with van der Waals surface area (Å²) in [5, 5.41) is 0.587. The van der Waals surface area contributed by atoms with Crippen LogP contribution in [-0.2, 0) is 24.3 Å². The molecule has 2 N–H and O–H groups in total. The maximum atomic E-state index is 12.0. The molecule has 26 heavy (non-hydrogen) atoms. The van der Waals surface area contributed by atoms with Crippen LogP contribution in [0, 0.1) is 0 Å². The van der Waals surface area contributed by atoms with Crippen molar-refractivity contribution in [1.29, 1.82) is 0 Å². The van der Waals surface area contributed by atoms with Gasteiger partial charge in [-0.25, -0.2) is 10.3 Å². The number of carbonyl (C=O) groups excluding carboxylic acids is 2. The van der Waals surface area contributed by atoms with E-state index < -0.39 is 34.4 Å². The van der Waals surface area contributed by atoms with Crippen molar-refractivity contribution in [3.05, 3.63) is 30.6 Å². The highest BCUT2D eigenvalue weighted by Gasteiger charge is 2.49. The normalized spacial score (nSPS) is 21.8. The maximum Gasteiger partial charge on any atom is 0.418 e. The van der Waals surface area contributed by atoms with E-state index in [-0.39, 0.29) is 13.2 Å². The van der Waals surface area contributed by atoms with E-state index in [1.165, 1.54) is 4.90 Å². The summed E-state index contributed by atoms with van der Waals surface area (Å²) in [4.78, 5) is 33.6. The number of hydrogen-bond donors (Lipinski definition) is 2. The third kappa shape index (κ3) is 5.36. The van der Waals surface area contributed by atoms with Gasteiger partial charge in [-0.3, -0.25) is 19.2 Å². The van der Waals surface area contributed by atoms with Gasteiger partial charge in [0.05, 0.1) is 12.6 Å². The summed E-state index contributed by atoms with van der Waals surface area (Å²) in [6, 6.07) is 3.68. The van der Waals surface area contributed by atoms with Crippen molar-refractivity contribution < 1.29 is 31.7 Å². The minimum absolute atomic E-state index is 0.151. The van der Waals surface area contributed by atoms with Gasteiger partial charge in [0.15, 0.2) is 0 Å². The number of hydrogen-bond acceptors (Lipinski definition) is 7. The lowest BCUT2D eigenvalue weighted by atomic mass is 10.0. The number of pyridine rings is 1. The summed E-state index contributed by atoms with van der Waals surface area (Å²) in [6.07, 6.45) is 4.22. The van der Waals surface area contributed by atoms with E-state index in [2.05, 4.69) is 14.7 Å². The van der Waals surface area contributed by atoms with E-state index in [4.69, 9.17) is 9.39 Å². The fourth-order valence-electron chi connectivity index (χ4n) is 2.63. The Labute approximate surface area is 150 Å². The van der Waals surface area contributed by atoms with Crippen LogP contribution in [0.25, 0.3) is 0 Å². The second-order valence-electron chi connectivity index (χ2n) is 5.43. The van der Waals surface area contributed by atoms with Crippen LogP contribution >= 0.6 is 0 Å². The van der Waals surface area contributed by atoms with Crippen molar-refractivity contribution in [2.75, 3.05) is 13.2 Å². The standard InChI is InChI=1S/C9H15N3O7S.C5H5N/c1-2-18-10-8(13)7-4-3-6-5-11(7)9(14)12(6)19-20(15,16)17;1-2-4-6-5-3-1/h6-7H,2-5H2,1H3,(H,10,13)(H,15,16,17);1-5H/t6-,7+;/m1./s1. The molecule has 0 radical (unpaired) electrons. The van der Waals surface area contributed by atoms with Gasteiger partial charge in [-0.15, -0.1) is 4.28 Å². The molecule has 0 aromatic carbocycles. The highest BCUT2D eigenvalue weighted by atomic mass is 32.3. The van der Waals surface area contributed by atoms with Gasteiger partial charge >= 0.3 is 16.4 Å². The van der Waals surface area contributed by atoms with Crippen molar-refractivity contribution in [3.63, 3.8) is 0 Å². The average molecular weight is 388 g/mol. The number of fused-ring (bicyclic) bond motifs is 2. The number of urea groups is 1. The number of nitrogens with zero attached hydrogens (tertiary/aromatic N) is 3. The molecule has 2 fully saturated rings. The van der Waals surface area contributed by atoms with Crippen molar-refractivity contribution in [3.8, 4) is 0 Å². The van der Waals surface area contributed by atoms with Gasteiger partial charge in [-0.1, -0.05) is 6.07 Å². The third-order valence-corrected chi connectivity index (χ3v) is 4.03. The number of carbonyl (C=O) groups is 2. The van der Waals surface area contributed by atoms with Crippen LogP contribution in [0.1, 0.15) is 19.8 Å². The molecule has 3 heterocycles. The molecule has 0 unspecified atom stereocenters. The van der Waals surface area contributed by atoms with E-state index in [0.29, 0.717) is 17.9 Å². The molecule has 2 bridgehead atoms.